The number of rotatable bonds is 3. The average molecular weight is 201 g/mol. The Labute approximate surface area is 89.4 Å². The molecular weight excluding hydrogens is 186 g/mol. The van der Waals surface area contributed by atoms with Gasteiger partial charge in [-0.15, -0.1) is 0 Å². The molecule has 0 fully saturated rings. The number of fused-ring (bicyclic) bond motifs is 1. The summed E-state index contributed by atoms with van der Waals surface area (Å²) < 4.78 is 0. The molecule has 3 nitrogen and oxygen atoms in total. The van der Waals surface area contributed by atoms with Gasteiger partial charge in [-0.1, -0.05) is 18.2 Å². The highest BCUT2D eigenvalue weighted by Crippen LogP contribution is 2.17. The minimum absolute atomic E-state index is 0.863. The van der Waals surface area contributed by atoms with Crippen LogP contribution in [0.15, 0.2) is 35.6 Å². The van der Waals surface area contributed by atoms with Crippen molar-refractivity contribution in [1.82, 2.24) is 9.99 Å². The molecule has 1 aromatic heterocycles. The first-order chi connectivity index (χ1) is 7.27. The number of aromatic amines is 1. The summed E-state index contributed by atoms with van der Waals surface area (Å²) in [4.78, 5) is 3.25. The van der Waals surface area contributed by atoms with E-state index in [1.54, 1.807) is 5.01 Å². The van der Waals surface area contributed by atoms with Crippen molar-refractivity contribution in [1.29, 1.82) is 0 Å². The maximum absolute atomic E-state index is 4.20. The number of nitrogens with zero attached hydrogens (tertiary/aromatic N) is 2. The zero-order valence-corrected chi connectivity index (χ0v) is 9.07. The lowest BCUT2D eigenvalue weighted by Crippen LogP contribution is -2.02. The molecule has 0 unspecified atom stereocenters. The lowest BCUT2D eigenvalue weighted by atomic mass is 10.1. The van der Waals surface area contributed by atoms with Crippen molar-refractivity contribution in [3.63, 3.8) is 0 Å². The Morgan fingerprint density at radius 2 is 2.13 bits per heavy atom. The van der Waals surface area contributed by atoms with Crippen molar-refractivity contribution in [3.05, 3.63) is 36.0 Å². The van der Waals surface area contributed by atoms with Crippen LogP contribution in [-0.4, -0.2) is 30.3 Å². The standard InChI is InChI=1S/C12H15N3/c1-15(2)14-8-7-10-9-13-12-6-4-3-5-11(10)12/h3-6,8-9,13H,7H2,1-2H3. The van der Waals surface area contributed by atoms with Gasteiger partial charge in [0.05, 0.1) is 0 Å². The molecule has 1 N–H and O–H groups in total. The fourth-order valence-electron chi connectivity index (χ4n) is 1.60. The van der Waals surface area contributed by atoms with Gasteiger partial charge in [0, 0.05) is 43.8 Å². The lowest BCUT2D eigenvalue weighted by Gasteiger charge is -2.01. The molecule has 1 heterocycles. The van der Waals surface area contributed by atoms with Crippen LogP contribution in [0.1, 0.15) is 5.56 Å². The van der Waals surface area contributed by atoms with E-state index < -0.39 is 0 Å². The van der Waals surface area contributed by atoms with Crippen LogP contribution in [0.2, 0.25) is 0 Å². The molecule has 78 valence electrons. The molecule has 0 saturated carbocycles. The fraction of sp³-hybridized carbons (Fsp3) is 0.250. The fourth-order valence-corrected chi connectivity index (χ4v) is 1.60. The number of aromatic nitrogens is 1. The third-order valence-corrected chi connectivity index (χ3v) is 2.30. The number of benzene rings is 1. The predicted molar refractivity (Wildman–Crippen MR) is 64.2 cm³/mol. The Kier molecular flexibility index (Phi) is 2.72. The second-order valence-electron chi connectivity index (χ2n) is 3.71. The van der Waals surface area contributed by atoms with Gasteiger partial charge in [0.25, 0.3) is 0 Å². The Bertz CT molecular complexity index is 468. The highest BCUT2D eigenvalue weighted by Gasteiger charge is 2.00. The Hall–Kier alpha value is -1.77. The summed E-state index contributed by atoms with van der Waals surface area (Å²) >= 11 is 0. The third kappa shape index (κ3) is 2.18. The van der Waals surface area contributed by atoms with Crippen LogP contribution in [0.4, 0.5) is 0 Å². The Morgan fingerprint density at radius 1 is 1.33 bits per heavy atom. The molecular formula is C12H15N3. The van der Waals surface area contributed by atoms with Gasteiger partial charge in [-0.2, -0.15) is 5.10 Å². The summed E-state index contributed by atoms with van der Waals surface area (Å²) in [5.41, 5.74) is 2.47. The summed E-state index contributed by atoms with van der Waals surface area (Å²) in [5.74, 6) is 0. The van der Waals surface area contributed by atoms with Crippen LogP contribution in [0, 0.1) is 0 Å². The van der Waals surface area contributed by atoms with Crippen LogP contribution in [0.3, 0.4) is 0 Å². The summed E-state index contributed by atoms with van der Waals surface area (Å²) in [6.07, 6.45) is 4.84. The van der Waals surface area contributed by atoms with Crippen molar-refractivity contribution < 1.29 is 0 Å². The topological polar surface area (TPSA) is 31.4 Å². The first kappa shape index (κ1) is 9.77. The summed E-state index contributed by atoms with van der Waals surface area (Å²) in [5, 5.41) is 7.28. The largest absolute Gasteiger partial charge is 0.361 e. The molecule has 0 aliphatic rings. The van der Waals surface area contributed by atoms with Gasteiger partial charge in [-0.05, 0) is 11.6 Å². The normalized spacial score (nSPS) is 11.3. The highest BCUT2D eigenvalue weighted by molar-refractivity contribution is 5.85. The number of para-hydroxylation sites is 1. The molecule has 0 aliphatic carbocycles. The van der Waals surface area contributed by atoms with Crippen LogP contribution < -0.4 is 0 Å². The summed E-state index contributed by atoms with van der Waals surface area (Å²) in [6, 6.07) is 8.31. The second-order valence-corrected chi connectivity index (χ2v) is 3.71. The van der Waals surface area contributed by atoms with E-state index in [9.17, 15) is 0 Å². The monoisotopic (exact) mass is 201 g/mol. The van der Waals surface area contributed by atoms with Gasteiger partial charge < -0.3 is 9.99 Å². The second kappa shape index (κ2) is 4.17. The smallest absolute Gasteiger partial charge is 0.0456 e. The zero-order valence-electron chi connectivity index (χ0n) is 9.07. The van der Waals surface area contributed by atoms with E-state index in [4.69, 9.17) is 0 Å². The minimum atomic E-state index is 0.863. The first-order valence-corrected chi connectivity index (χ1v) is 5.02. The van der Waals surface area contributed by atoms with Gasteiger partial charge in [0.15, 0.2) is 0 Å². The lowest BCUT2D eigenvalue weighted by molar-refractivity contribution is 0.439. The predicted octanol–water partition coefficient (Wildman–Crippen LogP) is 2.26. The molecule has 0 aliphatic heterocycles. The van der Waals surface area contributed by atoms with Gasteiger partial charge in [0.1, 0.15) is 0 Å². The van der Waals surface area contributed by atoms with E-state index in [-0.39, 0.29) is 0 Å². The molecule has 0 radical (unpaired) electrons. The molecule has 0 atom stereocenters. The van der Waals surface area contributed by atoms with Crippen LogP contribution in [0.5, 0.6) is 0 Å². The van der Waals surface area contributed by atoms with Gasteiger partial charge in [-0.25, -0.2) is 0 Å². The molecule has 0 bridgehead atoms. The third-order valence-electron chi connectivity index (χ3n) is 2.30. The molecule has 0 saturated heterocycles. The minimum Gasteiger partial charge on any atom is -0.361 e. The number of hydrogen-bond acceptors (Lipinski definition) is 2. The molecule has 0 spiro atoms. The molecule has 15 heavy (non-hydrogen) atoms. The van der Waals surface area contributed by atoms with Gasteiger partial charge >= 0.3 is 0 Å². The quantitative estimate of drug-likeness (QED) is 0.599. The first-order valence-electron chi connectivity index (χ1n) is 5.02. The number of nitrogens with one attached hydrogen (secondary N) is 1. The molecule has 2 rings (SSSR count). The van der Waals surface area contributed by atoms with Crippen molar-refractivity contribution in [2.45, 2.75) is 6.42 Å². The molecule has 0 amide bonds. The van der Waals surface area contributed by atoms with Crippen molar-refractivity contribution in [2.75, 3.05) is 14.1 Å². The van der Waals surface area contributed by atoms with E-state index in [1.807, 2.05) is 32.6 Å². The SMILES string of the molecule is CN(C)N=CCc1c[nH]c2ccccc12. The number of H-pyrrole nitrogens is 1. The van der Waals surface area contributed by atoms with E-state index in [1.165, 1.54) is 16.5 Å². The summed E-state index contributed by atoms with van der Waals surface area (Å²) in [7, 11) is 3.84. The molecule has 1 aromatic carbocycles. The zero-order chi connectivity index (χ0) is 10.7. The molecule has 3 heteroatoms. The number of hydrazone groups is 1. The van der Waals surface area contributed by atoms with Crippen LogP contribution in [-0.2, 0) is 6.42 Å². The van der Waals surface area contributed by atoms with E-state index in [0.717, 1.165) is 6.42 Å². The highest BCUT2D eigenvalue weighted by atomic mass is 15.4. The maximum Gasteiger partial charge on any atom is 0.0456 e. The molecule has 2 aromatic rings. The average Bonchev–Trinajstić information content (AvgIpc) is 2.62. The van der Waals surface area contributed by atoms with E-state index >= 15 is 0 Å². The van der Waals surface area contributed by atoms with E-state index in [0.29, 0.717) is 0 Å². The maximum atomic E-state index is 4.20. The summed E-state index contributed by atoms with van der Waals surface area (Å²) in [6.45, 7) is 0. The van der Waals surface area contributed by atoms with Crippen molar-refractivity contribution >= 4 is 17.1 Å². The van der Waals surface area contributed by atoms with Crippen LogP contribution >= 0.6 is 0 Å². The van der Waals surface area contributed by atoms with E-state index in [2.05, 4.69) is 28.3 Å². The Morgan fingerprint density at radius 3 is 2.93 bits per heavy atom. The van der Waals surface area contributed by atoms with Crippen molar-refractivity contribution in [3.8, 4) is 0 Å². The van der Waals surface area contributed by atoms with Gasteiger partial charge in [-0.3, -0.25) is 0 Å². The van der Waals surface area contributed by atoms with Crippen LogP contribution in [0.25, 0.3) is 10.9 Å². The Balaban J connectivity index is 2.21. The van der Waals surface area contributed by atoms with Crippen molar-refractivity contribution in [2.24, 2.45) is 5.10 Å². The van der Waals surface area contributed by atoms with Gasteiger partial charge in [0.2, 0.25) is 0 Å². The number of hydrogen-bond donors (Lipinski definition) is 1.